The average Bonchev–Trinajstić information content (AvgIpc) is 2.98. The normalized spacial score (nSPS) is 16.8. The van der Waals surface area contributed by atoms with Crippen LogP contribution in [0.1, 0.15) is 22.3 Å². The number of halogens is 3. The first-order valence-corrected chi connectivity index (χ1v) is 8.45. The molecule has 2 N–H and O–H groups in total. The number of hydrogen-bond acceptors (Lipinski definition) is 5. The number of rotatable bonds is 5. The lowest BCUT2D eigenvalue weighted by Crippen LogP contribution is -2.48. The molecule has 29 heavy (non-hydrogen) atoms. The summed E-state index contributed by atoms with van der Waals surface area (Å²) in [6.07, 6.45) is -4.93. The molecule has 2 aromatic rings. The molecule has 1 fully saturated rings. The molecule has 2 aromatic carbocycles. The molecule has 1 heterocycles. The van der Waals surface area contributed by atoms with Gasteiger partial charge >= 0.3 is 6.18 Å². The molecule has 0 radical (unpaired) electrons. The number of nitrogens with one attached hydrogen (secondary N) is 2. The van der Waals surface area contributed by atoms with Crippen molar-refractivity contribution in [3.8, 4) is 5.75 Å². The second kappa shape index (κ2) is 7.92. The smallest absolute Gasteiger partial charge is 0.416 e. The first-order chi connectivity index (χ1) is 13.7. The molecular weight excluding hydrogens is 391 g/mol. The Morgan fingerprint density at radius 1 is 1.14 bits per heavy atom. The summed E-state index contributed by atoms with van der Waals surface area (Å²) in [5.74, 6) is -1.74. The van der Waals surface area contributed by atoms with E-state index < -0.39 is 35.5 Å². The Hall–Kier alpha value is -3.40. The van der Waals surface area contributed by atoms with Crippen LogP contribution >= 0.6 is 0 Å². The second-order valence-corrected chi connectivity index (χ2v) is 6.17. The number of hydrogen-bond donors (Lipinski definition) is 2. The third kappa shape index (κ3) is 4.21. The van der Waals surface area contributed by atoms with Crippen LogP contribution in [0.5, 0.6) is 5.75 Å². The second-order valence-electron chi connectivity index (χ2n) is 6.17. The molecule has 0 aliphatic carbocycles. The highest BCUT2D eigenvalue weighted by atomic mass is 19.4. The monoisotopic (exact) mass is 407 g/mol. The lowest BCUT2D eigenvalue weighted by Gasteiger charge is -2.17. The first-order valence-electron chi connectivity index (χ1n) is 8.45. The molecule has 10 heteroatoms. The van der Waals surface area contributed by atoms with Crippen LogP contribution in [-0.2, 0) is 15.8 Å². The molecule has 7 nitrogen and oxygen atoms in total. The van der Waals surface area contributed by atoms with E-state index >= 15 is 0 Å². The molecule has 1 saturated heterocycles. The van der Waals surface area contributed by atoms with Gasteiger partial charge in [0, 0.05) is 0 Å². The Morgan fingerprint density at radius 2 is 1.86 bits per heavy atom. The van der Waals surface area contributed by atoms with E-state index in [1.165, 1.54) is 19.2 Å². The highest BCUT2D eigenvalue weighted by Crippen LogP contribution is 2.33. The van der Waals surface area contributed by atoms with Crippen molar-refractivity contribution in [1.29, 1.82) is 0 Å². The fraction of sp³-hybridized carbons (Fsp3) is 0.211. The van der Waals surface area contributed by atoms with Crippen molar-refractivity contribution in [3.63, 3.8) is 0 Å². The standard InChI is InChI=1S/C19H16F3N3O4/c1-29-15-8-3-2-7-13(15)17(27)24-23-14-10-16(26)25(18(14)28)12-6-4-5-11(9-12)19(20,21)22/h2-9,14,23H,10H2,1H3,(H,24,27). The molecule has 1 aliphatic heterocycles. The van der Waals surface area contributed by atoms with E-state index in [1.807, 2.05) is 0 Å². The first kappa shape index (κ1) is 20.3. The third-order valence-corrected chi connectivity index (χ3v) is 4.29. The Bertz CT molecular complexity index is 962. The highest BCUT2D eigenvalue weighted by molar-refractivity contribution is 6.22. The van der Waals surface area contributed by atoms with Crippen LogP contribution in [0.4, 0.5) is 18.9 Å². The summed E-state index contributed by atoms with van der Waals surface area (Å²) in [6, 6.07) is 9.19. The van der Waals surface area contributed by atoms with Gasteiger partial charge in [-0.2, -0.15) is 13.2 Å². The fourth-order valence-electron chi connectivity index (χ4n) is 2.89. The number of benzene rings is 2. The number of ether oxygens (including phenoxy) is 1. The van der Waals surface area contributed by atoms with E-state index in [2.05, 4.69) is 10.9 Å². The van der Waals surface area contributed by atoms with E-state index in [1.54, 1.807) is 18.2 Å². The minimum absolute atomic E-state index is 0.185. The summed E-state index contributed by atoms with van der Waals surface area (Å²) >= 11 is 0. The van der Waals surface area contributed by atoms with Gasteiger partial charge in [0.2, 0.25) is 5.91 Å². The summed E-state index contributed by atoms with van der Waals surface area (Å²) < 4.78 is 43.8. The molecule has 1 atom stereocenters. The quantitative estimate of drug-likeness (QED) is 0.587. The summed E-state index contributed by atoms with van der Waals surface area (Å²) in [5.41, 5.74) is 3.83. The summed E-state index contributed by atoms with van der Waals surface area (Å²) in [6.45, 7) is 0. The number of alkyl halides is 3. The predicted octanol–water partition coefficient (Wildman–Crippen LogP) is 2.28. The topological polar surface area (TPSA) is 87.7 Å². The summed E-state index contributed by atoms with van der Waals surface area (Å²) in [4.78, 5) is 37.7. The van der Waals surface area contributed by atoms with Crippen LogP contribution in [0.25, 0.3) is 0 Å². The Labute approximate surface area is 163 Å². The van der Waals surface area contributed by atoms with Gasteiger partial charge in [-0.25, -0.2) is 10.3 Å². The van der Waals surface area contributed by atoms with E-state index in [0.717, 1.165) is 18.2 Å². The van der Waals surface area contributed by atoms with Gasteiger partial charge in [-0.1, -0.05) is 18.2 Å². The number of para-hydroxylation sites is 1. The maximum Gasteiger partial charge on any atom is 0.416 e. The van der Waals surface area contributed by atoms with Gasteiger partial charge in [-0.05, 0) is 30.3 Å². The predicted molar refractivity (Wildman–Crippen MR) is 95.9 cm³/mol. The zero-order valence-electron chi connectivity index (χ0n) is 15.1. The lowest BCUT2D eigenvalue weighted by molar-refractivity contribution is -0.137. The van der Waals surface area contributed by atoms with Crippen LogP contribution in [0.3, 0.4) is 0 Å². The Morgan fingerprint density at radius 3 is 2.55 bits per heavy atom. The highest BCUT2D eigenvalue weighted by Gasteiger charge is 2.41. The third-order valence-electron chi connectivity index (χ3n) is 4.29. The van der Waals surface area contributed by atoms with Crippen LogP contribution in [0, 0.1) is 0 Å². The number of anilines is 1. The number of methoxy groups -OCH3 is 1. The molecule has 0 aromatic heterocycles. The van der Waals surface area contributed by atoms with Gasteiger partial charge in [0.15, 0.2) is 0 Å². The molecule has 3 amide bonds. The maximum absolute atomic E-state index is 12.9. The van der Waals surface area contributed by atoms with Crippen molar-refractivity contribution in [2.24, 2.45) is 0 Å². The summed E-state index contributed by atoms with van der Waals surface area (Å²) in [5, 5.41) is 0. The molecule has 0 saturated carbocycles. The lowest BCUT2D eigenvalue weighted by atomic mass is 10.2. The minimum atomic E-state index is -4.61. The number of hydrazine groups is 1. The molecule has 1 unspecified atom stereocenters. The average molecular weight is 407 g/mol. The number of carbonyl (C=O) groups is 3. The summed E-state index contributed by atoms with van der Waals surface area (Å²) in [7, 11) is 1.39. The molecule has 1 aliphatic rings. The van der Waals surface area contributed by atoms with Crippen LogP contribution < -0.4 is 20.5 Å². The molecule has 0 spiro atoms. The Kier molecular flexibility index (Phi) is 5.55. The van der Waals surface area contributed by atoms with Crippen LogP contribution in [0.15, 0.2) is 48.5 Å². The van der Waals surface area contributed by atoms with E-state index in [-0.39, 0.29) is 17.7 Å². The van der Waals surface area contributed by atoms with Gasteiger partial charge in [0.05, 0.1) is 30.3 Å². The molecule has 0 bridgehead atoms. The fourth-order valence-corrected chi connectivity index (χ4v) is 2.89. The van der Waals surface area contributed by atoms with Gasteiger partial charge in [0.25, 0.3) is 11.8 Å². The molecule has 3 rings (SSSR count). The molecule has 152 valence electrons. The van der Waals surface area contributed by atoms with E-state index in [4.69, 9.17) is 4.74 Å². The van der Waals surface area contributed by atoms with Gasteiger partial charge < -0.3 is 4.74 Å². The maximum atomic E-state index is 12.9. The van der Waals surface area contributed by atoms with E-state index in [9.17, 15) is 27.6 Å². The van der Waals surface area contributed by atoms with Crippen molar-refractivity contribution in [2.45, 2.75) is 18.6 Å². The van der Waals surface area contributed by atoms with Crippen molar-refractivity contribution in [1.82, 2.24) is 10.9 Å². The van der Waals surface area contributed by atoms with Gasteiger partial charge in [0.1, 0.15) is 11.8 Å². The minimum Gasteiger partial charge on any atom is -0.496 e. The Balaban J connectivity index is 1.72. The largest absolute Gasteiger partial charge is 0.496 e. The SMILES string of the molecule is COc1ccccc1C(=O)NNC1CC(=O)N(c2cccc(C(F)(F)F)c2)C1=O. The van der Waals surface area contributed by atoms with E-state index in [0.29, 0.717) is 10.6 Å². The number of imide groups is 1. The van der Waals surface area contributed by atoms with Crippen molar-refractivity contribution >= 4 is 23.4 Å². The zero-order valence-corrected chi connectivity index (χ0v) is 15.1. The van der Waals surface area contributed by atoms with Gasteiger partial charge in [-0.15, -0.1) is 0 Å². The van der Waals surface area contributed by atoms with Gasteiger partial charge in [-0.3, -0.25) is 19.8 Å². The van der Waals surface area contributed by atoms with Crippen molar-refractivity contribution in [2.75, 3.05) is 12.0 Å². The number of nitrogens with zero attached hydrogens (tertiary/aromatic N) is 1. The van der Waals surface area contributed by atoms with Crippen LogP contribution in [0.2, 0.25) is 0 Å². The number of amides is 3. The molecular formula is C19H16F3N3O4. The van der Waals surface area contributed by atoms with Crippen LogP contribution in [-0.4, -0.2) is 30.9 Å². The van der Waals surface area contributed by atoms with Crippen molar-refractivity contribution in [3.05, 3.63) is 59.7 Å². The van der Waals surface area contributed by atoms with Crippen molar-refractivity contribution < 1.29 is 32.3 Å². The number of carbonyl (C=O) groups excluding carboxylic acids is 3. The zero-order chi connectivity index (χ0) is 21.2.